The molecule has 3 N–H and O–H groups in total. The van der Waals surface area contributed by atoms with E-state index in [1.54, 1.807) is 24.3 Å². The number of halogens is 1. The summed E-state index contributed by atoms with van der Waals surface area (Å²) in [5.41, 5.74) is 0.497. The van der Waals surface area contributed by atoms with Crippen molar-refractivity contribution in [2.75, 3.05) is 6.54 Å². The molecule has 0 aliphatic heterocycles. The van der Waals surface area contributed by atoms with Crippen LogP contribution in [0.4, 0.5) is 0 Å². The number of hydrogen-bond acceptors (Lipinski definition) is 4. The molecular weight excluding hydrogens is 326 g/mol. The van der Waals surface area contributed by atoms with Gasteiger partial charge in [-0.05, 0) is 24.3 Å². The van der Waals surface area contributed by atoms with E-state index in [9.17, 15) is 9.59 Å². The van der Waals surface area contributed by atoms with E-state index in [2.05, 4.69) is 41.7 Å². The van der Waals surface area contributed by atoms with Crippen LogP contribution in [0, 0.1) is 0 Å². The number of benzene rings is 1. The summed E-state index contributed by atoms with van der Waals surface area (Å²) in [5.74, 6) is -0.0447. The summed E-state index contributed by atoms with van der Waals surface area (Å²) in [5, 5.41) is 11.4. The van der Waals surface area contributed by atoms with E-state index >= 15 is 0 Å². The molecule has 0 aliphatic rings. The number of hydrogen-bond donors (Lipinski definition) is 3. The van der Waals surface area contributed by atoms with Gasteiger partial charge >= 0.3 is 0 Å². The third-order valence-corrected chi connectivity index (χ3v) is 2.96. The summed E-state index contributed by atoms with van der Waals surface area (Å²) in [6.07, 6.45) is 1.36. The van der Waals surface area contributed by atoms with Crippen molar-refractivity contribution in [3.63, 3.8) is 0 Å². The lowest BCUT2D eigenvalue weighted by Crippen LogP contribution is -2.36. The number of H-pyrrole nitrogens is 1. The van der Waals surface area contributed by atoms with Crippen LogP contribution in [0.15, 0.2) is 35.1 Å². The lowest BCUT2D eigenvalue weighted by Gasteiger charge is -2.06. The molecule has 8 heteroatoms. The molecule has 1 aromatic heterocycles. The molecule has 0 atom stereocenters. The summed E-state index contributed by atoms with van der Waals surface area (Å²) in [6, 6.07) is 6.87. The number of carbonyl (C=O) groups is 2. The maximum atomic E-state index is 11.8. The summed E-state index contributed by atoms with van der Waals surface area (Å²) in [7, 11) is 0. The van der Waals surface area contributed by atoms with Crippen molar-refractivity contribution in [1.82, 2.24) is 25.8 Å². The Morgan fingerprint density at radius 3 is 2.60 bits per heavy atom. The SMILES string of the molecule is O=C(CNC(=O)c1ccc(Br)cc1)NCc1ncn[nH]1. The van der Waals surface area contributed by atoms with Crippen molar-refractivity contribution in [1.29, 1.82) is 0 Å². The van der Waals surface area contributed by atoms with E-state index in [1.807, 2.05) is 0 Å². The molecular formula is C12H12BrN5O2. The Kier molecular flexibility index (Phi) is 4.83. The lowest BCUT2D eigenvalue weighted by atomic mass is 10.2. The molecule has 2 rings (SSSR count). The fraction of sp³-hybridized carbons (Fsp3) is 0.167. The second-order valence-corrected chi connectivity index (χ2v) is 4.81. The zero-order chi connectivity index (χ0) is 14.4. The van der Waals surface area contributed by atoms with Crippen molar-refractivity contribution in [2.24, 2.45) is 0 Å². The molecule has 1 aromatic carbocycles. The molecule has 0 aliphatic carbocycles. The second kappa shape index (κ2) is 6.80. The molecule has 0 fully saturated rings. The van der Waals surface area contributed by atoms with Crippen molar-refractivity contribution >= 4 is 27.7 Å². The predicted octanol–water partition coefficient (Wildman–Crippen LogP) is 0.613. The van der Waals surface area contributed by atoms with Crippen molar-refractivity contribution in [3.05, 3.63) is 46.5 Å². The molecule has 0 saturated carbocycles. The van der Waals surface area contributed by atoms with Crippen LogP contribution in [0.3, 0.4) is 0 Å². The quantitative estimate of drug-likeness (QED) is 0.744. The Bertz CT molecular complexity index is 582. The Morgan fingerprint density at radius 2 is 1.95 bits per heavy atom. The van der Waals surface area contributed by atoms with Gasteiger partial charge in [-0.1, -0.05) is 15.9 Å². The Hall–Kier alpha value is -2.22. The summed E-state index contributed by atoms with van der Waals surface area (Å²) < 4.78 is 0.888. The highest BCUT2D eigenvalue weighted by molar-refractivity contribution is 9.10. The number of aromatic nitrogens is 3. The molecule has 7 nitrogen and oxygen atoms in total. The van der Waals surface area contributed by atoms with Crippen LogP contribution in [0.1, 0.15) is 16.2 Å². The van der Waals surface area contributed by atoms with Crippen LogP contribution >= 0.6 is 15.9 Å². The fourth-order valence-electron chi connectivity index (χ4n) is 1.42. The zero-order valence-corrected chi connectivity index (χ0v) is 12.0. The van der Waals surface area contributed by atoms with Gasteiger partial charge in [0.15, 0.2) is 0 Å². The van der Waals surface area contributed by atoms with Crippen LogP contribution in [-0.2, 0) is 11.3 Å². The third kappa shape index (κ3) is 4.16. The largest absolute Gasteiger partial charge is 0.347 e. The Balaban J connectivity index is 1.75. The summed E-state index contributed by atoms with van der Waals surface area (Å²) in [6.45, 7) is 0.149. The lowest BCUT2D eigenvalue weighted by molar-refractivity contribution is -0.120. The smallest absolute Gasteiger partial charge is 0.251 e. The highest BCUT2D eigenvalue weighted by Crippen LogP contribution is 2.10. The molecule has 0 bridgehead atoms. The van der Waals surface area contributed by atoms with Crippen LogP contribution in [-0.4, -0.2) is 33.5 Å². The maximum absolute atomic E-state index is 11.8. The number of nitrogens with zero attached hydrogens (tertiary/aromatic N) is 2. The molecule has 0 radical (unpaired) electrons. The van der Waals surface area contributed by atoms with Crippen LogP contribution in [0.25, 0.3) is 0 Å². The van der Waals surface area contributed by atoms with E-state index in [4.69, 9.17) is 0 Å². The Labute approximate surface area is 123 Å². The van der Waals surface area contributed by atoms with Crippen molar-refractivity contribution < 1.29 is 9.59 Å². The number of aromatic amines is 1. The van der Waals surface area contributed by atoms with E-state index in [-0.39, 0.29) is 24.9 Å². The molecule has 104 valence electrons. The van der Waals surface area contributed by atoms with Crippen LogP contribution in [0.5, 0.6) is 0 Å². The second-order valence-electron chi connectivity index (χ2n) is 3.90. The fourth-order valence-corrected chi connectivity index (χ4v) is 1.69. The van der Waals surface area contributed by atoms with Gasteiger partial charge in [0.1, 0.15) is 12.2 Å². The van der Waals surface area contributed by atoms with E-state index < -0.39 is 0 Å². The van der Waals surface area contributed by atoms with Gasteiger partial charge < -0.3 is 10.6 Å². The Morgan fingerprint density at radius 1 is 1.20 bits per heavy atom. The number of amides is 2. The van der Waals surface area contributed by atoms with Crippen molar-refractivity contribution in [3.8, 4) is 0 Å². The van der Waals surface area contributed by atoms with Gasteiger partial charge in [-0.3, -0.25) is 14.7 Å². The van der Waals surface area contributed by atoms with Gasteiger partial charge in [0.25, 0.3) is 5.91 Å². The first-order valence-corrected chi connectivity index (χ1v) is 6.59. The summed E-state index contributed by atoms with van der Waals surface area (Å²) >= 11 is 3.29. The topological polar surface area (TPSA) is 99.8 Å². The van der Waals surface area contributed by atoms with E-state index in [1.165, 1.54) is 6.33 Å². The average molecular weight is 338 g/mol. The maximum Gasteiger partial charge on any atom is 0.251 e. The molecule has 2 amide bonds. The van der Waals surface area contributed by atoms with Gasteiger partial charge in [-0.25, -0.2) is 4.98 Å². The first-order chi connectivity index (χ1) is 9.65. The minimum atomic E-state index is -0.299. The third-order valence-electron chi connectivity index (χ3n) is 2.43. The molecule has 20 heavy (non-hydrogen) atoms. The van der Waals surface area contributed by atoms with E-state index in [0.29, 0.717) is 11.4 Å². The number of carbonyl (C=O) groups excluding carboxylic acids is 2. The predicted molar refractivity (Wildman–Crippen MR) is 74.7 cm³/mol. The van der Waals surface area contributed by atoms with Crippen LogP contribution < -0.4 is 10.6 Å². The minimum absolute atomic E-state index is 0.0942. The number of rotatable bonds is 5. The highest BCUT2D eigenvalue weighted by Gasteiger charge is 2.08. The van der Waals surface area contributed by atoms with E-state index in [0.717, 1.165) is 4.47 Å². The van der Waals surface area contributed by atoms with Crippen molar-refractivity contribution in [2.45, 2.75) is 6.54 Å². The normalized spacial score (nSPS) is 10.1. The summed E-state index contributed by atoms with van der Waals surface area (Å²) in [4.78, 5) is 27.2. The molecule has 0 unspecified atom stereocenters. The molecule has 0 spiro atoms. The first-order valence-electron chi connectivity index (χ1n) is 5.80. The zero-order valence-electron chi connectivity index (χ0n) is 10.4. The van der Waals surface area contributed by atoms with Gasteiger partial charge in [0, 0.05) is 10.0 Å². The minimum Gasteiger partial charge on any atom is -0.347 e. The van der Waals surface area contributed by atoms with Gasteiger partial charge in [0.2, 0.25) is 5.91 Å². The molecule has 2 aromatic rings. The standard InChI is InChI=1S/C12H12BrN5O2/c13-9-3-1-8(2-4-9)12(20)15-6-11(19)14-5-10-16-7-17-18-10/h1-4,7H,5-6H2,(H,14,19)(H,15,20)(H,16,17,18). The monoisotopic (exact) mass is 337 g/mol. The first kappa shape index (κ1) is 14.2. The molecule has 1 heterocycles. The van der Waals surface area contributed by atoms with Crippen LogP contribution in [0.2, 0.25) is 0 Å². The average Bonchev–Trinajstić information content (AvgIpc) is 2.96. The van der Waals surface area contributed by atoms with Gasteiger partial charge in [-0.2, -0.15) is 5.10 Å². The highest BCUT2D eigenvalue weighted by atomic mass is 79.9. The molecule has 0 saturated heterocycles. The van der Waals surface area contributed by atoms with Gasteiger partial charge in [-0.15, -0.1) is 0 Å². The number of nitrogens with one attached hydrogen (secondary N) is 3. The van der Waals surface area contributed by atoms with Gasteiger partial charge in [0.05, 0.1) is 13.1 Å².